The van der Waals surface area contributed by atoms with Crippen molar-refractivity contribution >= 4 is 17.5 Å². The Morgan fingerprint density at radius 2 is 2.30 bits per heavy atom. The van der Waals surface area contributed by atoms with Crippen molar-refractivity contribution in [2.75, 3.05) is 31.5 Å². The quantitative estimate of drug-likeness (QED) is 0.829. The van der Waals surface area contributed by atoms with E-state index >= 15 is 0 Å². The zero-order valence-electron chi connectivity index (χ0n) is 11.1. The molecule has 0 unspecified atom stereocenters. The van der Waals surface area contributed by atoms with E-state index in [4.69, 9.17) is 5.26 Å². The third-order valence-corrected chi connectivity index (χ3v) is 3.05. The van der Waals surface area contributed by atoms with Crippen LogP contribution in [0, 0.1) is 11.3 Å². The predicted octanol–water partition coefficient (Wildman–Crippen LogP) is 0.319. The fourth-order valence-corrected chi connectivity index (χ4v) is 2.04. The summed E-state index contributed by atoms with van der Waals surface area (Å²) in [5.74, 6) is -0.121. The number of hydrogen-bond acceptors (Lipinski definition) is 4. The third kappa shape index (κ3) is 4.07. The number of amides is 2. The third-order valence-electron chi connectivity index (χ3n) is 3.05. The van der Waals surface area contributed by atoms with Gasteiger partial charge in [0.25, 0.3) is 0 Å². The Hall–Kier alpha value is -2.39. The highest BCUT2D eigenvalue weighted by molar-refractivity contribution is 5.92. The van der Waals surface area contributed by atoms with E-state index in [9.17, 15) is 9.59 Å². The Morgan fingerprint density at radius 1 is 1.45 bits per heavy atom. The van der Waals surface area contributed by atoms with Crippen molar-refractivity contribution in [3.63, 3.8) is 0 Å². The van der Waals surface area contributed by atoms with Gasteiger partial charge in [-0.2, -0.15) is 5.26 Å². The van der Waals surface area contributed by atoms with Crippen LogP contribution in [0.4, 0.5) is 5.69 Å². The first-order chi connectivity index (χ1) is 9.67. The minimum Gasteiger partial charge on any atom is -0.355 e. The number of anilines is 1. The second kappa shape index (κ2) is 6.68. The number of rotatable bonds is 3. The summed E-state index contributed by atoms with van der Waals surface area (Å²) in [5, 5.41) is 14.3. The molecule has 0 saturated carbocycles. The Bertz CT molecular complexity index is 550. The van der Waals surface area contributed by atoms with Crippen molar-refractivity contribution in [3.05, 3.63) is 29.8 Å². The molecule has 2 N–H and O–H groups in total. The van der Waals surface area contributed by atoms with E-state index in [1.54, 1.807) is 24.3 Å². The number of hydrogen-bond donors (Lipinski definition) is 2. The van der Waals surface area contributed by atoms with E-state index in [2.05, 4.69) is 10.6 Å². The molecule has 6 heteroatoms. The summed E-state index contributed by atoms with van der Waals surface area (Å²) in [5.41, 5.74) is 1.12. The van der Waals surface area contributed by atoms with Gasteiger partial charge in [-0.1, -0.05) is 6.07 Å². The van der Waals surface area contributed by atoms with Crippen LogP contribution in [0.25, 0.3) is 0 Å². The van der Waals surface area contributed by atoms with Gasteiger partial charge in [-0.05, 0) is 18.2 Å². The largest absolute Gasteiger partial charge is 0.355 e. The van der Waals surface area contributed by atoms with Crippen molar-refractivity contribution in [3.8, 4) is 6.07 Å². The average Bonchev–Trinajstić information content (AvgIpc) is 2.64. The molecule has 2 amide bonds. The monoisotopic (exact) mass is 272 g/mol. The van der Waals surface area contributed by atoms with Crippen LogP contribution in [-0.4, -0.2) is 42.9 Å². The van der Waals surface area contributed by atoms with Crippen LogP contribution in [0.1, 0.15) is 12.0 Å². The molecule has 2 rings (SSSR count). The first-order valence-electron chi connectivity index (χ1n) is 6.46. The topological polar surface area (TPSA) is 85.2 Å². The van der Waals surface area contributed by atoms with Crippen molar-refractivity contribution < 1.29 is 9.59 Å². The second-order valence-corrected chi connectivity index (χ2v) is 4.62. The van der Waals surface area contributed by atoms with E-state index in [1.807, 2.05) is 11.0 Å². The molecule has 20 heavy (non-hydrogen) atoms. The van der Waals surface area contributed by atoms with Gasteiger partial charge in [0.2, 0.25) is 11.8 Å². The molecule has 1 aromatic rings. The fourth-order valence-electron chi connectivity index (χ4n) is 2.04. The molecule has 1 aliphatic rings. The SMILES string of the molecule is N#Cc1cccc(NC(=O)CN2CCNC(=O)CC2)c1. The second-order valence-electron chi connectivity index (χ2n) is 4.62. The molecule has 0 spiro atoms. The number of carbonyl (C=O) groups excluding carboxylic acids is 2. The molecular formula is C14H16N4O2. The zero-order valence-corrected chi connectivity index (χ0v) is 11.1. The van der Waals surface area contributed by atoms with Crippen LogP contribution in [-0.2, 0) is 9.59 Å². The van der Waals surface area contributed by atoms with Gasteiger partial charge in [0.05, 0.1) is 18.2 Å². The molecule has 0 bridgehead atoms. The Morgan fingerprint density at radius 3 is 3.10 bits per heavy atom. The molecule has 6 nitrogen and oxygen atoms in total. The lowest BCUT2D eigenvalue weighted by Gasteiger charge is -2.18. The maximum absolute atomic E-state index is 11.9. The Labute approximate surface area is 117 Å². The summed E-state index contributed by atoms with van der Waals surface area (Å²) < 4.78 is 0. The van der Waals surface area contributed by atoms with Crippen molar-refractivity contribution in [2.45, 2.75) is 6.42 Å². The normalized spacial score (nSPS) is 15.8. The lowest BCUT2D eigenvalue weighted by molar-refractivity contribution is -0.121. The van der Waals surface area contributed by atoms with Gasteiger partial charge < -0.3 is 10.6 Å². The molecule has 0 aromatic heterocycles. The molecule has 1 aliphatic heterocycles. The molecule has 0 radical (unpaired) electrons. The first kappa shape index (κ1) is 14.0. The van der Waals surface area contributed by atoms with Gasteiger partial charge in [-0.3, -0.25) is 14.5 Å². The maximum Gasteiger partial charge on any atom is 0.238 e. The van der Waals surface area contributed by atoms with Crippen LogP contribution in [0.2, 0.25) is 0 Å². The van der Waals surface area contributed by atoms with Gasteiger partial charge >= 0.3 is 0 Å². The van der Waals surface area contributed by atoms with Gasteiger partial charge in [-0.15, -0.1) is 0 Å². The van der Waals surface area contributed by atoms with Crippen LogP contribution >= 0.6 is 0 Å². The fraction of sp³-hybridized carbons (Fsp3) is 0.357. The highest BCUT2D eigenvalue weighted by Crippen LogP contribution is 2.09. The first-order valence-corrected chi connectivity index (χ1v) is 6.46. The molecule has 1 fully saturated rings. The summed E-state index contributed by atoms with van der Waals surface area (Å²) in [6.45, 7) is 2.05. The van der Waals surface area contributed by atoms with E-state index in [0.717, 1.165) is 0 Å². The maximum atomic E-state index is 11.9. The van der Waals surface area contributed by atoms with Crippen LogP contribution in [0.5, 0.6) is 0 Å². The lowest BCUT2D eigenvalue weighted by atomic mass is 10.2. The lowest BCUT2D eigenvalue weighted by Crippen LogP contribution is -2.35. The van der Waals surface area contributed by atoms with Crippen LogP contribution < -0.4 is 10.6 Å². The standard InChI is InChI=1S/C14H16N4O2/c15-9-11-2-1-3-12(8-11)17-14(20)10-18-6-4-13(19)16-5-7-18/h1-3,8H,4-7,10H2,(H,16,19)(H,17,20). The van der Waals surface area contributed by atoms with Crippen molar-refractivity contribution in [1.82, 2.24) is 10.2 Å². The highest BCUT2D eigenvalue weighted by Gasteiger charge is 2.16. The highest BCUT2D eigenvalue weighted by atomic mass is 16.2. The van der Waals surface area contributed by atoms with Crippen molar-refractivity contribution in [1.29, 1.82) is 5.26 Å². The minimum atomic E-state index is -0.144. The Kier molecular flexibility index (Phi) is 4.69. The van der Waals surface area contributed by atoms with E-state index in [-0.39, 0.29) is 18.4 Å². The molecule has 104 valence electrons. The molecule has 1 saturated heterocycles. The van der Waals surface area contributed by atoms with Gasteiger partial charge in [0.1, 0.15) is 0 Å². The average molecular weight is 272 g/mol. The van der Waals surface area contributed by atoms with Gasteiger partial charge in [0.15, 0.2) is 0 Å². The van der Waals surface area contributed by atoms with E-state index < -0.39 is 0 Å². The Balaban J connectivity index is 1.88. The predicted molar refractivity (Wildman–Crippen MR) is 73.9 cm³/mol. The number of nitriles is 1. The summed E-state index contributed by atoms with van der Waals surface area (Å²) in [7, 11) is 0. The molecule has 0 atom stereocenters. The molecule has 1 aromatic carbocycles. The summed E-state index contributed by atoms with van der Waals surface area (Å²) in [6, 6.07) is 8.81. The summed E-state index contributed by atoms with van der Waals surface area (Å²) in [6.07, 6.45) is 0.414. The van der Waals surface area contributed by atoms with Crippen LogP contribution in [0.15, 0.2) is 24.3 Å². The zero-order chi connectivity index (χ0) is 14.4. The smallest absolute Gasteiger partial charge is 0.238 e. The van der Waals surface area contributed by atoms with Crippen LogP contribution in [0.3, 0.4) is 0 Å². The number of nitrogens with zero attached hydrogens (tertiary/aromatic N) is 2. The number of nitrogens with one attached hydrogen (secondary N) is 2. The van der Waals surface area contributed by atoms with Gasteiger partial charge in [-0.25, -0.2) is 0 Å². The van der Waals surface area contributed by atoms with E-state index in [0.29, 0.717) is 37.3 Å². The van der Waals surface area contributed by atoms with Gasteiger partial charge in [0, 0.05) is 31.7 Å². The minimum absolute atomic E-state index is 0.0228. The molecular weight excluding hydrogens is 256 g/mol. The summed E-state index contributed by atoms with van der Waals surface area (Å²) in [4.78, 5) is 25.1. The molecule has 0 aliphatic carbocycles. The number of carbonyl (C=O) groups is 2. The van der Waals surface area contributed by atoms with E-state index in [1.165, 1.54) is 0 Å². The number of benzene rings is 1. The van der Waals surface area contributed by atoms with Crippen molar-refractivity contribution in [2.24, 2.45) is 0 Å². The molecule has 1 heterocycles. The summed E-state index contributed by atoms with van der Waals surface area (Å²) >= 11 is 0.